The van der Waals surface area contributed by atoms with Crippen LogP contribution in [0.15, 0.2) is 0 Å². The number of nitrogens with zero attached hydrogens (tertiary/aromatic N) is 1. The predicted octanol–water partition coefficient (Wildman–Crippen LogP) is 1.02. The van der Waals surface area contributed by atoms with Gasteiger partial charge < -0.3 is 3.07 Å². The zero-order chi connectivity index (χ0) is 9.90. The topological polar surface area (TPSA) is 46.6 Å². The van der Waals surface area contributed by atoms with Gasteiger partial charge in [-0.3, -0.25) is 0 Å². The molecule has 1 rings (SSSR count). The van der Waals surface area contributed by atoms with Crippen molar-refractivity contribution < 1.29 is 11.5 Å². The molecule has 4 nitrogen and oxygen atoms in total. The second kappa shape index (κ2) is 4.90. The minimum Gasteiger partial charge on any atom is -0.316 e. The van der Waals surface area contributed by atoms with Gasteiger partial charge in [0, 0.05) is 13.1 Å². The number of rotatable bonds is 3. The number of sulfonamides is 1. The first-order chi connectivity index (χ1) is 6.04. The molecule has 78 valence electrons. The Labute approximate surface area is 93.4 Å². The summed E-state index contributed by atoms with van der Waals surface area (Å²) in [6.07, 6.45) is 3.09. The molecule has 0 aromatic carbocycles. The van der Waals surface area contributed by atoms with Crippen LogP contribution in [0.25, 0.3) is 0 Å². The molecule has 1 heterocycles. The normalized spacial score (nSPS) is 22.0. The molecule has 13 heavy (non-hydrogen) atoms. The van der Waals surface area contributed by atoms with Crippen LogP contribution >= 0.6 is 23.0 Å². The van der Waals surface area contributed by atoms with Gasteiger partial charge in [-0.1, -0.05) is 0 Å². The van der Waals surface area contributed by atoms with E-state index in [1.165, 1.54) is 10.6 Å². The Bertz CT molecular complexity index is 246. The van der Waals surface area contributed by atoms with E-state index in [4.69, 9.17) is 3.07 Å². The van der Waals surface area contributed by atoms with Crippen molar-refractivity contribution in [2.24, 2.45) is 5.92 Å². The lowest BCUT2D eigenvalue weighted by Crippen LogP contribution is -2.38. The van der Waals surface area contributed by atoms with Crippen molar-refractivity contribution in [3.8, 4) is 0 Å². The molecule has 1 fully saturated rings. The lowest BCUT2D eigenvalue weighted by Gasteiger charge is -2.29. The molecule has 1 aliphatic heterocycles. The van der Waals surface area contributed by atoms with Crippen molar-refractivity contribution in [2.75, 3.05) is 26.0 Å². The van der Waals surface area contributed by atoms with Gasteiger partial charge in [-0.05, 0) is 18.8 Å². The van der Waals surface area contributed by atoms with Crippen LogP contribution in [0, 0.1) is 5.92 Å². The van der Waals surface area contributed by atoms with E-state index in [9.17, 15) is 8.42 Å². The lowest BCUT2D eigenvalue weighted by atomic mass is 10.00. The average Bonchev–Trinajstić information content (AvgIpc) is 2.04. The van der Waals surface area contributed by atoms with Gasteiger partial charge in [-0.15, -0.1) is 0 Å². The summed E-state index contributed by atoms with van der Waals surface area (Å²) in [5.41, 5.74) is 0. The van der Waals surface area contributed by atoms with Gasteiger partial charge in [0.15, 0.2) is 0 Å². The van der Waals surface area contributed by atoms with Gasteiger partial charge in [0.25, 0.3) is 0 Å². The van der Waals surface area contributed by atoms with Crippen LogP contribution in [0.3, 0.4) is 0 Å². The monoisotopic (exact) mass is 319 g/mol. The fourth-order valence-corrected chi connectivity index (χ4v) is 2.88. The molecule has 1 saturated heterocycles. The summed E-state index contributed by atoms with van der Waals surface area (Å²) in [5, 5.41) is 0. The summed E-state index contributed by atoms with van der Waals surface area (Å²) in [6, 6.07) is 0. The molecule has 0 N–H and O–H groups in total. The fourth-order valence-electron chi connectivity index (χ4n) is 1.50. The van der Waals surface area contributed by atoms with E-state index in [1.807, 2.05) is 23.0 Å². The Morgan fingerprint density at radius 2 is 2.00 bits per heavy atom. The quantitative estimate of drug-likeness (QED) is 0.730. The van der Waals surface area contributed by atoms with Gasteiger partial charge >= 0.3 is 0 Å². The summed E-state index contributed by atoms with van der Waals surface area (Å²) in [7, 11) is -2.97. The Kier molecular flexibility index (Phi) is 4.40. The molecule has 0 amide bonds. The Hall–Kier alpha value is 0.600. The van der Waals surface area contributed by atoms with Crippen molar-refractivity contribution in [2.45, 2.75) is 12.8 Å². The maximum Gasteiger partial charge on any atom is 0.211 e. The molecule has 0 aromatic heterocycles. The first-order valence-electron chi connectivity index (χ1n) is 4.22. The maximum absolute atomic E-state index is 11.1. The first-order valence-corrected chi connectivity index (χ1v) is 6.95. The third-order valence-corrected chi connectivity index (χ3v) is 4.00. The summed E-state index contributed by atoms with van der Waals surface area (Å²) in [4.78, 5) is 0. The fraction of sp³-hybridized carbons (Fsp3) is 1.00. The van der Waals surface area contributed by atoms with E-state index in [2.05, 4.69) is 0 Å². The van der Waals surface area contributed by atoms with Crippen molar-refractivity contribution in [1.29, 1.82) is 0 Å². The molecule has 6 heteroatoms. The smallest absolute Gasteiger partial charge is 0.211 e. The van der Waals surface area contributed by atoms with Gasteiger partial charge in [0.1, 0.15) is 23.0 Å². The van der Waals surface area contributed by atoms with Gasteiger partial charge in [-0.25, -0.2) is 12.7 Å². The lowest BCUT2D eigenvalue weighted by molar-refractivity contribution is 0.219. The summed E-state index contributed by atoms with van der Waals surface area (Å²) in [6.45, 7) is 2.02. The summed E-state index contributed by atoms with van der Waals surface area (Å²) >= 11 is 1.88. The number of hydrogen-bond acceptors (Lipinski definition) is 3. The molecular formula is C7H14INO3S. The van der Waals surface area contributed by atoms with Crippen LogP contribution in [-0.2, 0) is 13.1 Å². The van der Waals surface area contributed by atoms with Crippen LogP contribution in [0.2, 0.25) is 0 Å². The van der Waals surface area contributed by atoms with Gasteiger partial charge in [0.2, 0.25) is 10.0 Å². The molecule has 0 radical (unpaired) electrons. The highest BCUT2D eigenvalue weighted by Crippen LogP contribution is 2.19. The molecule has 0 aliphatic carbocycles. The minimum atomic E-state index is -2.97. The number of hydrogen-bond donors (Lipinski definition) is 0. The zero-order valence-corrected chi connectivity index (χ0v) is 10.5. The standard InChI is InChI=1S/C7H14INO3S/c1-13(10,11)9-4-2-7(3-5-9)6-12-8/h7H,2-6H2,1H3. The van der Waals surface area contributed by atoms with E-state index >= 15 is 0 Å². The molecule has 1 aliphatic rings. The number of piperidine rings is 1. The van der Waals surface area contributed by atoms with Crippen LogP contribution in [0.1, 0.15) is 12.8 Å². The van der Waals surface area contributed by atoms with Crippen LogP contribution < -0.4 is 0 Å². The van der Waals surface area contributed by atoms with Gasteiger partial charge in [-0.2, -0.15) is 0 Å². The Morgan fingerprint density at radius 1 is 1.46 bits per heavy atom. The Morgan fingerprint density at radius 3 is 2.38 bits per heavy atom. The SMILES string of the molecule is CS(=O)(=O)N1CCC(COI)CC1. The largest absolute Gasteiger partial charge is 0.316 e. The molecular weight excluding hydrogens is 305 g/mol. The third kappa shape index (κ3) is 3.69. The highest BCUT2D eigenvalue weighted by atomic mass is 127. The van der Waals surface area contributed by atoms with E-state index in [-0.39, 0.29) is 0 Å². The maximum atomic E-state index is 11.1. The third-order valence-electron chi connectivity index (χ3n) is 2.34. The summed E-state index contributed by atoms with van der Waals surface area (Å²) < 4.78 is 28.8. The minimum absolute atomic E-state index is 0.523. The second-order valence-corrected chi connectivity index (χ2v) is 5.99. The van der Waals surface area contributed by atoms with Crippen LogP contribution in [0.4, 0.5) is 0 Å². The molecule has 0 spiro atoms. The van der Waals surface area contributed by atoms with E-state index < -0.39 is 10.0 Å². The number of halogens is 1. The second-order valence-electron chi connectivity index (χ2n) is 3.38. The van der Waals surface area contributed by atoms with Gasteiger partial charge in [0.05, 0.1) is 12.9 Å². The zero-order valence-electron chi connectivity index (χ0n) is 7.57. The molecule has 0 unspecified atom stereocenters. The van der Waals surface area contributed by atoms with Crippen LogP contribution in [-0.4, -0.2) is 38.7 Å². The van der Waals surface area contributed by atoms with E-state index in [0.717, 1.165) is 19.4 Å². The van der Waals surface area contributed by atoms with E-state index in [1.54, 1.807) is 0 Å². The van der Waals surface area contributed by atoms with Crippen molar-refractivity contribution in [1.82, 2.24) is 4.31 Å². The Balaban J connectivity index is 2.39. The summed E-state index contributed by atoms with van der Waals surface area (Å²) in [5.74, 6) is 0.523. The molecule has 0 aromatic rings. The van der Waals surface area contributed by atoms with Crippen LogP contribution in [0.5, 0.6) is 0 Å². The molecule has 0 saturated carbocycles. The average molecular weight is 319 g/mol. The van der Waals surface area contributed by atoms with Crippen molar-refractivity contribution in [3.05, 3.63) is 0 Å². The first kappa shape index (κ1) is 11.7. The predicted molar refractivity (Wildman–Crippen MR) is 59.1 cm³/mol. The van der Waals surface area contributed by atoms with E-state index in [0.29, 0.717) is 19.0 Å². The van der Waals surface area contributed by atoms with Crippen molar-refractivity contribution in [3.63, 3.8) is 0 Å². The molecule has 0 bridgehead atoms. The molecule has 0 atom stereocenters. The highest BCUT2D eigenvalue weighted by Gasteiger charge is 2.24. The highest BCUT2D eigenvalue weighted by molar-refractivity contribution is 14.1. The van der Waals surface area contributed by atoms with Crippen molar-refractivity contribution >= 4 is 33.0 Å².